The van der Waals surface area contributed by atoms with Gasteiger partial charge in [0.05, 0.1) is 40.3 Å². The molecule has 1 N–H and O–H groups in total. The Bertz CT molecular complexity index is 907. The van der Waals surface area contributed by atoms with Crippen LogP contribution in [-0.2, 0) is 23.9 Å². The molecule has 0 saturated carbocycles. The van der Waals surface area contributed by atoms with Gasteiger partial charge in [-0.2, -0.15) is 0 Å². The molecule has 0 aromatic heterocycles. The summed E-state index contributed by atoms with van der Waals surface area (Å²) in [5, 5.41) is 9.33. The Morgan fingerprint density at radius 1 is 0.482 bits per heavy atom. The van der Waals surface area contributed by atoms with Crippen molar-refractivity contribution in [2.24, 2.45) is 0 Å². The predicted molar refractivity (Wildman–Crippen MR) is 236 cm³/mol. The van der Waals surface area contributed by atoms with Gasteiger partial charge >= 0.3 is 11.9 Å². The minimum Gasteiger partial charge on any atom is -0.464 e. The lowest BCUT2D eigenvalue weighted by Gasteiger charge is -2.29. The minimum absolute atomic E-state index is 0.0318. The molecule has 0 aliphatic heterocycles. The highest BCUT2D eigenvalue weighted by atomic mass is 16.5. The summed E-state index contributed by atoms with van der Waals surface area (Å²) in [6, 6.07) is 0. The number of unbranched alkanes of at least 4 members (excludes halogenated alkanes) is 22. The Morgan fingerprint density at radius 3 is 1.21 bits per heavy atom. The van der Waals surface area contributed by atoms with Crippen LogP contribution in [0.4, 0.5) is 0 Å². The molecule has 0 aromatic carbocycles. The number of hydrogen-bond donors (Lipinski definition) is 1. The van der Waals surface area contributed by atoms with E-state index in [-0.39, 0.29) is 50.8 Å². The van der Waals surface area contributed by atoms with Gasteiger partial charge in [-0.25, -0.2) is 0 Å². The molecule has 0 saturated heterocycles. The maximum atomic E-state index is 13.2. The third-order valence-electron chi connectivity index (χ3n) is 10.7. The third kappa shape index (κ3) is 38.7. The molecule has 0 atom stereocenters. The van der Waals surface area contributed by atoms with Crippen LogP contribution in [0.2, 0.25) is 0 Å². The third-order valence-corrected chi connectivity index (χ3v) is 10.7. The molecule has 0 aliphatic carbocycles. The molecule has 0 aliphatic rings. The van der Waals surface area contributed by atoms with Crippen LogP contribution in [0.5, 0.6) is 0 Å². The molecule has 8 nitrogen and oxygen atoms in total. The van der Waals surface area contributed by atoms with Gasteiger partial charge < -0.3 is 24.0 Å². The summed E-state index contributed by atoms with van der Waals surface area (Å²) >= 11 is 0. The van der Waals surface area contributed by atoms with Crippen LogP contribution in [0.15, 0.2) is 24.3 Å². The first-order valence-corrected chi connectivity index (χ1v) is 23.6. The summed E-state index contributed by atoms with van der Waals surface area (Å²) < 4.78 is 11.7. The van der Waals surface area contributed by atoms with E-state index in [9.17, 15) is 19.5 Å². The fraction of sp³-hybridized carbons (Fsp3) is 0.854. The highest BCUT2D eigenvalue weighted by molar-refractivity contribution is 5.76. The number of hydrogen-bond acceptors (Lipinski definition) is 6. The SMILES string of the molecule is CCCCCCCC/C=C/CCCCCCCC(=O)OCCN(CCOC(=O)CCCCCCC/C=C/CCCCCCCC)C(=O)CCC[N+](C)(C)CCO. The fourth-order valence-corrected chi connectivity index (χ4v) is 6.92. The van der Waals surface area contributed by atoms with Crippen molar-refractivity contribution >= 4 is 17.8 Å². The Labute approximate surface area is 346 Å². The Morgan fingerprint density at radius 2 is 0.839 bits per heavy atom. The second kappa shape index (κ2) is 41.0. The summed E-state index contributed by atoms with van der Waals surface area (Å²) in [6.45, 7) is 6.90. The molecule has 0 heterocycles. The molecule has 0 rings (SSSR count). The molecule has 0 unspecified atom stereocenters. The molecular formula is C48H91N2O6+. The van der Waals surface area contributed by atoms with Gasteiger partial charge in [0, 0.05) is 25.7 Å². The first-order chi connectivity index (χ1) is 27.3. The fourth-order valence-electron chi connectivity index (χ4n) is 6.92. The van der Waals surface area contributed by atoms with E-state index in [1.807, 2.05) is 14.1 Å². The zero-order valence-electron chi connectivity index (χ0n) is 37.4. The molecule has 8 heteroatoms. The van der Waals surface area contributed by atoms with Gasteiger partial charge in [-0.1, -0.05) is 141 Å². The maximum absolute atomic E-state index is 13.2. The van der Waals surface area contributed by atoms with Crippen molar-refractivity contribution in [2.45, 2.75) is 206 Å². The number of aliphatic hydroxyl groups excluding tert-OH is 1. The number of aliphatic hydroxyl groups is 1. The van der Waals surface area contributed by atoms with Crippen LogP contribution in [-0.4, -0.2) is 92.4 Å². The van der Waals surface area contributed by atoms with Gasteiger partial charge in [-0.3, -0.25) is 14.4 Å². The van der Waals surface area contributed by atoms with Gasteiger partial charge in [-0.05, 0) is 64.2 Å². The molecule has 0 fully saturated rings. The van der Waals surface area contributed by atoms with Crippen molar-refractivity contribution in [3.63, 3.8) is 0 Å². The molecule has 0 bridgehead atoms. The second-order valence-corrected chi connectivity index (χ2v) is 16.7. The van der Waals surface area contributed by atoms with E-state index in [0.29, 0.717) is 36.7 Å². The predicted octanol–water partition coefficient (Wildman–Crippen LogP) is 11.8. The van der Waals surface area contributed by atoms with E-state index in [2.05, 4.69) is 38.2 Å². The van der Waals surface area contributed by atoms with Gasteiger partial charge in [0.25, 0.3) is 0 Å². The number of quaternary nitrogens is 1. The standard InChI is InChI=1S/C48H91N2O6/c1-5-7-9-11-13-15-17-19-21-23-25-27-29-31-33-37-47(53)55-44-39-49(46(52)36-35-41-50(3,4)42-43-51)40-45-56-48(54)38-34-32-30-28-26-24-22-20-18-16-14-12-10-8-6-2/h19-22,51H,5-18,23-45H2,1-4H3/q+1/b21-19+,22-20+. The van der Waals surface area contributed by atoms with E-state index >= 15 is 0 Å². The summed E-state index contributed by atoms with van der Waals surface area (Å²) in [4.78, 5) is 39.7. The number of nitrogens with zero attached hydrogens (tertiary/aromatic N) is 2. The van der Waals surface area contributed by atoms with Gasteiger partial charge in [0.2, 0.25) is 5.91 Å². The number of amides is 1. The maximum Gasteiger partial charge on any atom is 0.305 e. The lowest BCUT2D eigenvalue weighted by molar-refractivity contribution is -0.890. The van der Waals surface area contributed by atoms with E-state index in [1.165, 1.54) is 116 Å². The number of ether oxygens (including phenoxy) is 2. The zero-order chi connectivity index (χ0) is 41.2. The van der Waals surface area contributed by atoms with Gasteiger partial charge in [-0.15, -0.1) is 0 Å². The lowest BCUT2D eigenvalue weighted by Crippen LogP contribution is -2.43. The van der Waals surface area contributed by atoms with E-state index in [0.717, 1.165) is 57.9 Å². The largest absolute Gasteiger partial charge is 0.464 e. The number of allylic oxidation sites excluding steroid dienone is 4. The van der Waals surface area contributed by atoms with E-state index in [4.69, 9.17) is 9.47 Å². The van der Waals surface area contributed by atoms with Crippen LogP contribution in [0.1, 0.15) is 206 Å². The summed E-state index contributed by atoms with van der Waals surface area (Å²) in [5.41, 5.74) is 0. The number of likely N-dealkylation sites (N-methyl/N-ethyl adjacent to an activating group) is 1. The minimum atomic E-state index is -0.218. The molecule has 56 heavy (non-hydrogen) atoms. The van der Waals surface area contributed by atoms with Gasteiger partial charge in [0.1, 0.15) is 19.8 Å². The van der Waals surface area contributed by atoms with Crippen molar-refractivity contribution < 1.29 is 33.4 Å². The molecule has 1 amide bonds. The highest BCUT2D eigenvalue weighted by Gasteiger charge is 2.19. The Balaban J connectivity index is 4.26. The number of carbonyl (C=O) groups excluding carboxylic acids is 3. The van der Waals surface area contributed by atoms with E-state index in [1.54, 1.807) is 4.90 Å². The van der Waals surface area contributed by atoms with Crippen molar-refractivity contribution in [1.29, 1.82) is 0 Å². The van der Waals surface area contributed by atoms with Crippen molar-refractivity contribution in [3.05, 3.63) is 24.3 Å². The smallest absolute Gasteiger partial charge is 0.305 e. The topological polar surface area (TPSA) is 93.1 Å². The summed E-state index contributed by atoms with van der Waals surface area (Å²) in [6.07, 6.45) is 42.8. The van der Waals surface area contributed by atoms with Crippen molar-refractivity contribution in [1.82, 2.24) is 4.90 Å². The first kappa shape index (κ1) is 53.8. The van der Waals surface area contributed by atoms with Gasteiger partial charge in [0.15, 0.2) is 0 Å². The Hall–Kier alpha value is -2.19. The molecule has 328 valence electrons. The first-order valence-electron chi connectivity index (χ1n) is 23.6. The number of rotatable bonds is 42. The van der Waals surface area contributed by atoms with Crippen molar-refractivity contribution in [3.8, 4) is 0 Å². The lowest BCUT2D eigenvalue weighted by atomic mass is 10.1. The van der Waals surface area contributed by atoms with Crippen molar-refractivity contribution in [2.75, 3.05) is 60.1 Å². The molecule has 0 spiro atoms. The van der Waals surface area contributed by atoms with E-state index < -0.39 is 0 Å². The summed E-state index contributed by atoms with van der Waals surface area (Å²) in [7, 11) is 4.09. The average molecular weight is 792 g/mol. The number of esters is 2. The average Bonchev–Trinajstić information content (AvgIpc) is 3.17. The molecular weight excluding hydrogens is 701 g/mol. The van der Waals surface area contributed by atoms with Crippen LogP contribution >= 0.6 is 0 Å². The quantitative estimate of drug-likeness (QED) is 0.0286. The number of carbonyl (C=O) groups is 3. The summed E-state index contributed by atoms with van der Waals surface area (Å²) in [5.74, 6) is -0.468. The molecule has 0 aromatic rings. The monoisotopic (exact) mass is 792 g/mol. The normalized spacial score (nSPS) is 11.9. The van der Waals surface area contributed by atoms with Crippen LogP contribution in [0.25, 0.3) is 0 Å². The highest BCUT2D eigenvalue weighted by Crippen LogP contribution is 2.13. The van der Waals surface area contributed by atoms with Crippen LogP contribution in [0, 0.1) is 0 Å². The molecule has 0 radical (unpaired) electrons. The zero-order valence-corrected chi connectivity index (χ0v) is 37.4. The Kier molecular flexibility index (Phi) is 39.4. The van der Waals surface area contributed by atoms with Crippen LogP contribution in [0.3, 0.4) is 0 Å². The van der Waals surface area contributed by atoms with Crippen LogP contribution < -0.4 is 0 Å². The second-order valence-electron chi connectivity index (χ2n) is 16.7.